The second-order valence-corrected chi connectivity index (χ2v) is 2.99. The van der Waals surface area contributed by atoms with Crippen LogP contribution in [0.3, 0.4) is 0 Å². The molecule has 0 aliphatic carbocycles. The number of amides is 1. The van der Waals surface area contributed by atoms with Gasteiger partial charge in [-0.1, -0.05) is 0 Å². The van der Waals surface area contributed by atoms with Crippen molar-refractivity contribution >= 4 is 5.91 Å². The molecular weight excluding hydrogens is 481 g/mol. The first-order valence-electron chi connectivity index (χ1n) is 4.61. The van der Waals surface area contributed by atoms with Crippen LogP contribution < -0.4 is 0 Å². The molecule has 1 radical (unpaired) electrons. The van der Waals surface area contributed by atoms with Gasteiger partial charge in [-0.05, 0) is 18.3 Å². The third-order valence-electron chi connectivity index (χ3n) is 1.94. The Balaban J connectivity index is 0.00000144. The molecule has 2 rings (SSSR count). The number of rotatable bonds is 3. The molecule has 0 saturated heterocycles. The molecule has 0 unspecified atom stereocenters. The molecule has 2 aromatic heterocycles. The molecule has 91 valence electrons. The largest absolute Gasteiger partial charge is 0.673 e. The fourth-order valence-electron chi connectivity index (χ4n) is 1.12. The number of carbonyl (C=O) groups is 1. The maximum absolute atomic E-state index is 10.8. The van der Waals surface area contributed by atoms with Crippen LogP contribution in [-0.4, -0.2) is 30.6 Å². The molecule has 2 aromatic rings. The van der Waals surface area contributed by atoms with Gasteiger partial charge in [0.05, 0.1) is 0 Å². The minimum absolute atomic E-state index is 0. The van der Waals surface area contributed by atoms with Crippen molar-refractivity contribution in [1.29, 1.82) is 0 Å². The van der Waals surface area contributed by atoms with E-state index < -0.39 is 5.91 Å². The predicted octanol–water partition coefficient (Wildman–Crippen LogP) is 0.743. The number of nitrogens with zero attached hydrogens (tertiary/aromatic N) is 5. The molecule has 7 nitrogen and oxygen atoms in total. The van der Waals surface area contributed by atoms with E-state index in [1.54, 1.807) is 11.0 Å². The van der Waals surface area contributed by atoms with E-state index >= 15 is 0 Å². The Morgan fingerprint density at radius 2 is 2.22 bits per heavy atom. The molecule has 0 spiro atoms. The molecule has 2 heterocycles. The van der Waals surface area contributed by atoms with Gasteiger partial charge in [0.1, 0.15) is 12.2 Å². The minimum Gasteiger partial charge on any atom is -0.673 e. The van der Waals surface area contributed by atoms with E-state index in [0.717, 1.165) is 0 Å². The van der Waals surface area contributed by atoms with Gasteiger partial charge in [0, 0.05) is 72.6 Å². The summed E-state index contributed by atoms with van der Waals surface area (Å²) in [4.78, 5) is 22.2. The first-order valence-corrected chi connectivity index (χ1v) is 4.61. The molecule has 1 N–H and O–H groups in total. The van der Waals surface area contributed by atoms with Crippen LogP contribution in [0.4, 0.5) is 0 Å². The molecule has 0 aliphatic heterocycles. The number of carbonyl (C=O) groups excluding carboxylic acids is 1. The Labute approximate surface area is 143 Å². The fraction of sp³-hybridized carbons (Fsp3) is 0.222. The van der Waals surface area contributed by atoms with Crippen molar-refractivity contribution in [2.45, 2.75) is 13.5 Å². The van der Waals surface area contributed by atoms with Gasteiger partial charge >= 0.3 is 0 Å². The SMILES string of the molecule is CCn1cnc(-c2cc(C([NH-])=O)n[c-]n2)n1.[W].[Y]. The molecule has 0 atom stereocenters. The molecule has 0 fully saturated rings. The van der Waals surface area contributed by atoms with Crippen molar-refractivity contribution in [3.63, 3.8) is 0 Å². The monoisotopic (exact) mass is 489 g/mol. The van der Waals surface area contributed by atoms with E-state index in [9.17, 15) is 4.79 Å². The molecule has 0 saturated carbocycles. The van der Waals surface area contributed by atoms with Gasteiger partial charge in [0.2, 0.25) is 0 Å². The van der Waals surface area contributed by atoms with E-state index in [1.807, 2.05) is 6.92 Å². The zero-order valence-corrected chi connectivity index (χ0v) is 15.3. The van der Waals surface area contributed by atoms with E-state index in [0.29, 0.717) is 18.1 Å². The minimum atomic E-state index is -0.880. The standard InChI is InChI=1S/C9H9N6O.W.Y/c1-2-15-5-13-9(14-15)7-3-6(8(10)16)11-4-12-7;;/h3,5H,2H2,1H3,(H2,10,16);;/q-1;;/p-1. The summed E-state index contributed by atoms with van der Waals surface area (Å²) in [6, 6.07) is 1.38. The van der Waals surface area contributed by atoms with E-state index in [2.05, 4.69) is 26.4 Å². The van der Waals surface area contributed by atoms with Crippen LogP contribution in [0.25, 0.3) is 17.3 Å². The number of hydrogen-bond acceptors (Lipinski definition) is 5. The van der Waals surface area contributed by atoms with Crippen molar-refractivity contribution in [2.24, 2.45) is 0 Å². The van der Waals surface area contributed by atoms with Crippen LogP contribution in [0, 0.1) is 6.33 Å². The van der Waals surface area contributed by atoms with E-state index in [-0.39, 0.29) is 59.5 Å². The summed E-state index contributed by atoms with van der Waals surface area (Å²) in [5.41, 5.74) is 7.30. The quantitative estimate of drug-likeness (QED) is 0.594. The summed E-state index contributed by atoms with van der Waals surface area (Å²) in [5, 5.41) is 4.12. The van der Waals surface area contributed by atoms with Crippen LogP contribution in [0.1, 0.15) is 17.4 Å². The van der Waals surface area contributed by atoms with Crippen LogP contribution in [0.2, 0.25) is 0 Å². The molecular formula is C9H8N6OWY-2. The van der Waals surface area contributed by atoms with Crippen molar-refractivity contribution in [3.05, 3.63) is 30.1 Å². The second kappa shape index (κ2) is 7.82. The van der Waals surface area contributed by atoms with Crippen molar-refractivity contribution in [2.75, 3.05) is 0 Å². The van der Waals surface area contributed by atoms with Crippen LogP contribution >= 0.6 is 0 Å². The average Bonchev–Trinajstić information content (AvgIpc) is 2.77. The summed E-state index contributed by atoms with van der Waals surface area (Å²) in [5.74, 6) is -0.488. The Kier molecular flexibility index (Phi) is 7.59. The summed E-state index contributed by atoms with van der Waals surface area (Å²) in [6.07, 6.45) is 3.88. The molecule has 18 heavy (non-hydrogen) atoms. The number of aryl methyl sites for hydroxylation is 1. The van der Waals surface area contributed by atoms with E-state index in [1.165, 1.54) is 6.07 Å². The maximum Gasteiger partial charge on any atom is 0.144 e. The van der Waals surface area contributed by atoms with Gasteiger partial charge in [0.15, 0.2) is 0 Å². The van der Waals surface area contributed by atoms with Crippen molar-refractivity contribution < 1.29 is 58.6 Å². The van der Waals surface area contributed by atoms with Crippen LogP contribution in [0.5, 0.6) is 0 Å². The van der Waals surface area contributed by atoms with Gasteiger partial charge < -0.3 is 20.5 Å². The summed E-state index contributed by atoms with van der Waals surface area (Å²) >= 11 is 0. The average molecular weight is 489 g/mol. The third kappa shape index (κ3) is 4.00. The van der Waals surface area contributed by atoms with Gasteiger partial charge in [0.25, 0.3) is 0 Å². The molecule has 9 heteroatoms. The zero-order chi connectivity index (χ0) is 11.5. The van der Waals surface area contributed by atoms with Crippen molar-refractivity contribution in [1.82, 2.24) is 24.7 Å². The Bertz CT molecular complexity index is 531. The normalized spacial score (nSPS) is 9.17. The topological polar surface area (TPSA) is 97.4 Å². The van der Waals surface area contributed by atoms with Gasteiger partial charge in [-0.15, -0.1) is 6.07 Å². The Morgan fingerprint density at radius 1 is 1.50 bits per heavy atom. The zero-order valence-electron chi connectivity index (χ0n) is 9.49. The van der Waals surface area contributed by atoms with Crippen LogP contribution in [0.15, 0.2) is 12.4 Å². The number of aromatic nitrogens is 5. The molecule has 0 bridgehead atoms. The van der Waals surface area contributed by atoms with Gasteiger partial charge in [-0.25, -0.2) is 4.98 Å². The Morgan fingerprint density at radius 3 is 2.78 bits per heavy atom. The summed E-state index contributed by atoms with van der Waals surface area (Å²) < 4.78 is 1.64. The van der Waals surface area contributed by atoms with Crippen LogP contribution in [-0.2, 0) is 60.3 Å². The fourth-order valence-corrected chi connectivity index (χ4v) is 1.12. The molecule has 0 aliphatic rings. The number of hydrogen-bond donors (Lipinski definition) is 0. The Hall–Kier alpha value is -0.518. The van der Waals surface area contributed by atoms with Crippen molar-refractivity contribution in [3.8, 4) is 11.5 Å². The molecule has 1 amide bonds. The number of nitrogens with one attached hydrogen (secondary N) is 1. The predicted molar refractivity (Wildman–Crippen MR) is 54.2 cm³/mol. The first kappa shape index (κ1) is 17.5. The molecule has 0 aromatic carbocycles. The first-order chi connectivity index (χ1) is 7.70. The summed E-state index contributed by atoms with van der Waals surface area (Å²) in [7, 11) is 0. The second-order valence-electron chi connectivity index (χ2n) is 2.99. The third-order valence-corrected chi connectivity index (χ3v) is 1.94. The smallest absolute Gasteiger partial charge is 0.144 e. The van der Waals surface area contributed by atoms with Gasteiger partial charge in [-0.2, -0.15) is 5.10 Å². The van der Waals surface area contributed by atoms with E-state index in [4.69, 9.17) is 5.73 Å². The van der Waals surface area contributed by atoms with Gasteiger partial charge in [-0.3, -0.25) is 4.68 Å². The maximum atomic E-state index is 10.8. The summed E-state index contributed by atoms with van der Waals surface area (Å²) in [6.45, 7) is 2.63.